The van der Waals surface area contributed by atoms with Gasteiger partial charge in [-0.2, -0.15) is 0 Å². The first-order valence-corrected chi connectivity index (χ1v) is 7.67. The molecule has 1 aromatic carbocycles. The predicted molar refractivity (Wildman–Crippen MR) is 86.6 cm³/mol. The molecule has 1 heterocycles. The monoisotopic (exact) mass is 368 g/mol. The van der Waals surface area contributed by atoms with Crippen LogP contribution in [-0.2, 0) is 0 Å². The van der Waals surface area contributed by atoms with Crippen molar-refractivity contribution in [2.45, 2.75) is 5.16 Å². The maximum absolute atomic E-state index is 12.1. The van der Waals surface area contributed by atoms with Gasteiger partial charge in [-0.05, 0) is 34.1 Å². The highest BCUT2D eigenvalue weighted by Crippen LogP contribution is 2.26. The number of aromatic nitrogens is 2. The van der Waals surface area contributed by atoms with Crippen LogP contribution in [0, 0.1) is 0 Å². The summed E-state index contributed by atoms with van der Waals surface area (Å²) in [7, 11) is 1.57. The van der Waals surface area contributed by atoms with Crippen LogP contribution in [0.4, 0.5) is 11.6 Å². The number of nitrogen functional groups attached to an aromatic ring is 2. The minimum atomic E-state index is -0.0482. The van der Waals surface area contributed by atoms with E-state index >= 15 is 0 Å². The molecule has 110 valence electrons. The summed E-state index contributed by atoms with van der Waals surface area (Å²) in [6, 6.07) is 6.63. The lowest BCUT2D eigenvalue weighted by atomic mass is 10.1. The van der Waals surface area contributed by atoms with Crippen LogP contribution in [0.3, 0.4) is 0 Å². The fourth-order valence-corrected chi connectivity index (χ4v) is 2.89. The number of nitrogens with zero attached hydrogens (tertiary/aromatic N) is 2. The summed E-state index contributed by atoms with van der Waals surface area (Å²) < 4.78 is 5.85. The average molecular weight is 369 g/mol. The number of carbonyl (C=O) groups excluding carboxylic acids is 1. The van der Waals surface area contributed by atoms with Crippen molar-refractivity contribution in [2.75, 3.05) is 24.3 Å². The van der Waals surface area contributed by atoms with Crippen molar-refractivity contribution in [1.29, 1.82) is 0 Å². The maximum Gasteiger partial charge on any atom is 0.191 e. The molecule has 4 N–H and O–H groups in total. The van der Waals surface area contributed by atoms with Gasteiger partial charge in [-0.15, -0.1) is 0 Å². The number of hydrogen-bond acceptors (Lipinski definition) is 7. The van der Waals surface area contributed by atoms with Gasteiger partial charge in [-0.1, -0.05) is 11.8 Å². The van der Waals surface area contributed by atoms with E-state index in [1.54, 1.807) is 25.3 Å². The van der Waals surface area contributed by atoms with Gasteiger partial charge in [0.25, 0.3) is 0 Å². The Balaban J connectivity index is 2.06. The van der Waals surface area contributed by atoms with E-state index in [0.29, 0.717) is 16.5 Å². The molecule has 0 fully saturated rings. The van der Waals surface area contributed by atoms with E-state index in [1.165, 1.54) is 17.8 Å². The highest BCUT2D eigenvalue weighted by atomic mass is 79.9. The van der Waals surface area contributed by atoms with Gasteiger partial charge in [-0.3, -0.25) is 4.79 Å². The number of carbonyl (C=O) groups is 1. The van der Waals surface area contributed by atoms with Crippen molar-refractivity contribution in [1.82, 2.24) is 9.97 Å². The molecule has 0 atom stereocenters. The lowest BCUT2D eigenvalue weighted by Gasteiger charge is -2.06. The van der Waals surface area contributed by atoms with Crippen LogP contribution in [0.15, 0.2) is 33.9 Å². The lowest BCUT2D eigenvalue weighted by Crippen LogP contribution is -2.05. The number of ketones is 1. The van der Waals surface area contributed by atoms with Gasteiger partial charge in [-0.25, -0.2) is 9.97 Å². The first-order chi connectivity index (χ1) is 9.99. The first-order valence-electron chi connectivity index (χ1n) is 5.89. The second-order valence-corrected chi connectivity index (χ2v) is 5.86. The lowest BCUT2D eigenvalue weighted by molar-refractivity contribution is 0.102. The first kappa shape index (κ1) is 15.6. The van der Waals surface area contributed by atoms with Gasteiger partial charge in [0.1, 0.15) is 17.4 Å². The van der Waals surface area contributed by atoms with Gasteiger partial charge >= 0.3 is 0 Å². The van der Waals surface area contributed by atoms with Crippen LogP contribution >= 0.6 is 27.7 Å². The topological polar surface area (TPSA) is 104 Å². The second-order valence-electron chi connectivity index (χ2n) is 4.06. The number of Topliss-reactive ketones (excluding diaryl/α,β-unsaturated/α-hetero) is 1. The minimum Gasteiger partial charge on any atom is -0.496 e. The highest BCUT2D eigenvalue weighted by Gasteiger charge is 2.11. The van der Waals surface area contributed by atoms with Crippen LogP contribution in [0.1, 0.15) is 10.4 Å². The van der Waals surface area contributed by atoms with E-state index in [-0.39, 0.29) is 23.2 Å². The number of thioether (sulfide) groups is 1. The zero-order valence-corrected chi connectivity index (χ0v) is 13.6. The third kappa shape index (κ3) is 4.08. The highest BCUT2D eigenvalue weighted by molar-refractivity contribution is 9.10. The molecule has 0 saturated heterocycles. The molecule has 2 aromatic rings. The smallest absolute Gasteiger partial charge is 0.191 e. The number of halogens is 1. The largest absolute Gasteiger partial charge is 0.496 e. The number of hydrogen-bond donors (Lipinski definition) is 2. The van der Waals surface area contributed by atoms with Crippen molar-refractivity contribution < 1.29 is 9.53 Å². The number of nitrogens with two attached hydrogens (primary N) is 2. The van der Waals surface area contributed by atoms with Crippen LogP contribution in [0.25, 0.3) is 0 Å². The molecule has 2 rings (SSSR count). The molecule has 0 aliphatic heterocycles. The minimum absolute atomic E-state index is 0.0482. The fourth-order valence-electron chi connectivity index (χ4n) is 1.58. The van der Waals surface area contributed by atoms with Gasteiger partial charge in [0, 0.05) is 11.6 Å². The second kappa shape index (κ2) is 6.77. The van der Waals surface area contributed by atoms with E-state index in [9.17, 15) is 4.79 Å². The van der Waals surface area contributed by atoms with Crippen molar-refractivity contribution in [3.8, 4) is 5.75 Å². The SMILES string of the molecule is COc1ccc(C(=O)CSc2nc(N)cc(N)n2)cc1Br. The molecule has 1 aromatic heterocycles. The quantitative estimate of drug-likeness (QED) is 0.474. The average Bonchev–Trinajstić information content (AvgIpc) is 2.43. The third-order valence-electron chi connectivity index (χ3n) is 2.55. The maximum atomic E-state index is 12.1. The van der Waals surface area contributed by atoms with Crippen LogP contribution in [0.5, 0.6) is 5.75 Å². The van der Waals surface area contributed by atoms with Crippen molar-refractivity contribution in [2.24, 2.45) is 0 Å². The zero-order chi connectivity index (χ0) is 15.4. The van der Waals surface area contributed by atoms with Crippen molar-refractivity contribution in [3.05, 3.63) is 34.3 Å². The van der Waals surface area contributed by atoms with Gasteiger partial charge in [0.05, 0.1) is 17.3 Å². The van der Waals surface area contributed by atoms with Gasteiger partial charge in [0.2, 0.25) is 0 Å². The Bertz CT molecular complexity index is 661. The molecule has 0 spiro atoms. The van der Waals surface area contributed by atoms with Crippen LogP contribution in [0.2, 0.25) is 0 Å². The Morgan fingerprint density at radius 1 is 1.29 bits per heavy atom. The molecule has 0 radical (unpaired) electrons. The summed E-state index contributed by atoms with van der Waals surface area (Å²) in [4.78, 5) is 20.2. The number of ether oxygens (including phenoxy) is 1. The molecule has 21 heavy (non-hydrogen) atoms. The number of anilines is 2. The molecule has 0 aliphatic carbocycles. The number of benzene rings is 1. The van der Waals surface area contributed by atoms with Crippen molar-refractivity contribution >= 4 is 45.1 Å². The van der Waals surface area contributed by atoms with Gasteiger partial charge < -0.3 is 16.2 Å². The predicted octanol–water partition coefficient (Wildman–Crippen LogP) is 2.39. The molecular weight excluding hydrogens is 356 g/mol. The summed E-state index contributed by atoms with van der Waals surface area (Å²) in [5.74, 6) is 1.38. The van der Waals surface area contributed by atoms with Crippen molar-refractivity contribution in [3.63, 3.8) is 0 Å². The van der Waals surface area contributed by atoms with Crippen LogP contribution in [-0.4, -0.2) is 28.6 Å². The standard InChI is InChI=1S/C13H13BrN4O2S/c1-20-10-3-2-7(4-8(10)14)9(19)6-21-13-17-11(15)5-12(16)18-13/h2-5H,6H2,1H3,(H4,15,16,17,18). The Morgan fingerprint density at radius 2 is 1.95 bits per heavy atom. The van der Waals surface area contributed by atoms with E-state index in [1.807, 2.05) is 0 Å². The van der Waals surface area contributed by atoms with E-state index in [0.717, 1.165) is 4.47 Å². The molecule has 0 unspecified atom stereocenters. The summed E-state index contributed by atoms with van der Waals surface area (Å²) in [5.41, 5.74) is 11.7. The summed E-state index contributed by atoms with van der Waals surface area (Å²) in [6.07, 6.45) is 0. The molecular formula is C13H13BrN4O2S. The third-order valence-corrected chi connectivity index (χ3v) is 4.02. The normalized spacial score (nSPS) is 10.4. The summed E-state index contributed by atoms with van der Waals surface area (Å²) in [5, 5.41) is 0.383. The summed E-state index contributed by atoms with van der Waals surface area (Å²) in [6.45, 7) is 0. The Hall–Kier alpha value is -1.80. The Kier molecular flexibility index (Phi) is 5.03. The molecule has 6 nitrogen and oxygen atoms in total. The number of rotatable bonds is 5. The van der Waals surface area contributed by atoms with E-state index in [2.05, 4.69) is 25.9 Å². The molecule has 0 aliphatic rings. The van der Waals surface area contributed by atoms with E-state index in [4.69, 9.17) is 16.2 Å². The molecule has 0 saturated carbocycles. The fraction of sp³-hybridized carbons (Fsp3) is 0.154. The molecule has 8 heteroatoms. The zero-order valence-electron chi connectivity index (χ0n) is 11.2. The molecule has 0 bridgehead atoms. The Morgan fingerprint density at radius 3 is 2.52 bits per heavy atom. The summed E-state index contributed by atoms with van der Waals surface area (Å²) >= 11 is 4.54. The van der Waals surface area contributed by atoms with E-state index < -0.39 is 0 Å². The Labute approximate surface area is 134 Å². The molecule has 0 amide bonds. The number of methoxy groups -OCH3 is 1. The van der Waals surface area contributed by atoms with Gasteiger partial charge in [0.15, 0.2) is 10.9 Å². The van der Waals surface area contributed by atoms with Crippen LogP contribution < -0.4 is 16.2 Å².